The fraction of sp³-hybridized carbons (Fsp3) is 0.286. The molecule has 0 aliphatic rings. The summed E-state index contributed by atoms with van der Waals surface area (Å²) in [5.41, 5.74) is 5.75. The topological polar surface area (TPSA) is 48.1 Å². The third kappa shape index (κ3) is 1.88. The lowest BCUT2D eigenvalue weighted by Crippen LogP contribution is -2.01. The molecule has 1 heterocycles. The number of rotatable bonds is 2. The molecule has 0 aromatic carbocycles. The second kappa shape index (κ2) is 3.30. The van der Waals surface area contributed by atoms with Gasteiger partial charge >= 0.3 is 0 Å². The molecule has 0 amide bonds. The van der Waals surface area contributed by atoms with E-state index in [1.54, 1.807) is 0 Å². The molecule has 2 N–H and O–H groups in total. The Balaban J connectivity index is 3.02. The van der Waals surface area contributed by atoms with E-state index >= 15 is 0 Å². The van der Waals surface area contributed by atoms with Crippen molar-refractivity contribution in [3.63, 3.8) is 0 Å². The molecule has 3 nitrogen and oxygen atoms in total. The maximum atomic E-state index is 12.6. The van der Waals surface area contributed by atoms with Gasteiger partial charge in [0.05, 0.1) is 12.8 Å². The van der Waals surface area contributed by atoms with Crippen LogP contribution in [0.2, 0.25) is 0 Å². The van der Waals surface area contributed by atoms with Gasteiger partial charge in [0.2, 0.25) is 5.88 Å². The molecule has 1 aromatic rings. The molecule has 4 heteroatoms. The Morgan fingerprint density at radius 3 is 2.91 bits per heavy atom. The second-order valence-electron chi connectivity index (χ2n) is 2.02. The van der Waals surface area contributed by atoms with E-state index in [1.807, 2.05) is 0 Å². The van der Waals surface area contributed by atoms with E-state index in [0.29, 0.717) is 5.69 Å². The lowest BCUT2D eigenvalue weighted by molar-refractivity contribution is 0.392. The number of hydrogen-bond donors (Lipinski definition) is 1. The molecule has 1 aromatic heterocycles. The highest BCUT2D eigenvalue weighted by Gasteiger charge is 1.99. The Hall–Kier alpha value is -1.16. The summed E-state index contributed by atoms with van der Waals surface area (Å²) < 4.78 is 17.4. The largest absolute Gasteiger partial charge is 0.481 e. The third-order valence-electron chi connectivity index (χ3n) is 1.24. The zero-order valence-electron chi connectivity index (χ0n) is 6.17. The maximum Gasteiger partial charge on any atom is 0.216 e. The van der Waals surface area contributed by atoms with Crippen LogP contribution >= 0.6 is 0 Å². The number of nitrogens with zero attached hydrogens (tertiary/aromatic N) is 1. The SMILES string of the molecule is COc1cc(F)cc(CN)n1. The molecule has 0 fully saturated rings. The van der Waals surface area contributed by atoms with E-state index in [1.165, 1.54) is 19.2 Å². The average Bonchev–Trinajstić information content (AvgIpc) is 2.03. The van der Waals surface area contributed by atoms with Crippen LogP contribution in [0.4, 0.5) is 4.39 Å². The van der Waals surface area contributed by atoms with E-state index in [-0.39, 0.29) is 18.2 Å². The van der Waals surface area contributed by atoms with Gasteiger partial charge in [-0.3, -0.25) is 0 Å². The van der Waals surface area contributed by atoms with Crippen molar-refractivity contribution in [2.75, 3.05) is 7.11 Å². The first-order valence-corrected chi connectivity index (χ1v) is 3.17. The number of aromatic nitrogens is 1. The van der Waals surface area contributed by atoms with Crippen molar-refractivity contribution < 1.29 is 9.13 Å². The van der Waals surface area contributed by atoms with Crippen LogP contribution in [0.25, 0.3) is 0 Å². The van der Waals surface area contributed by atoms with Crippen molar-refractivity contribution in [1.82, 2.24) is 4.98 Å². The molecule has 1 rings (SSSR count). The standard InChI is InChI=1S/C7H9FN2O/c1-11-7-3-5(8)2-6(4-9)10-7/h2-3H,4,9H2,1H3. The van der Waals surface area contributed by atoms with Gasteiger partial charge in [-0.15, -0.1) is 0 Å². The number of hydrogen-bond acceptors (Lipinski definition) is 3. The van der Waals surface area contributed by atoms with Crippen molar-refractivity contribution in [1.29, 1.82) is 0 Å². The lowest BCUT2D eigenvalue weighted by Gasteiger charge is -2.00. The number of pyridine rings is 1. The van der Waals surface area contributed by atoms with Gasteiger partial charge in [0, 0.05) is 12.6 Å². The van der Waals surface area contributed by atoms with Crippen LogP contribution in [-0.4, -0.2) is 12.1 Å². The van der Waals surface area contributed by atoms with Gasteiger partial charge in [-0.2, -0.15) is 0 Å². The predicted molar refractivity (Wildman–Crippen MR) is 38.6 cm³/mol. The van der Waals surface area contributed by atoms with Crippen molar-refractivity contribution in [2.24, 2.45) is 5.73 Å². The monoisotopic (exact) mass is 156 g/mol. The summed E-state index contributed by atoms with van der Waals surface area (Å²) in [6.07, 6.45) is 0. The first-order chi connectivity index (χ1) is 5.26. The molecule has 0 spiro atoms. The van der Waals surface area contributed by atoms with E-state index in [2.05, 4.69) is 4.98 Å². The minimum absolute atomic E-state index is 0.216. The summed E-state index contributed by atoms with van der Waals surface area (Å²) in [6.45, 7) is 0.216. The second-order valence-corrected chi connectivity index (χ2v) is 2.02. The van der Waals surface area contributed by atoms with Crippen LogP contribution in [0, 0.1) is 5.82 Å². The van der Waals surface area contributed by atoms with Crippen molar-refractivity contribution in [2.45, 2.75) is 6.54 Å². The van der Waals surface area contributed by atoms with Crippen LogP contribution in [0.1, 0.15) is 5.69 Å². The Morgan fingerprint density at radius 1 is 1.64 bits per heavy atom. The smallest absolute Gasteiger partial charge is 0.216 e. The minimum atomic E-state index is -0.377. The van der Waals surface area contributed by atoms with Crippen LogP contribution < -0.4 is 10.5 Å². The van der Waals surface area contributed by atoms with Gasteiger partial charge in [0.15, 0.2) is 0 Å². The quantitative estimate of drug-likeness (QED) is 0.685. The van der Waals surface area contributed by atoms with Crippen molar-refractivity contribution in [3.8, 4) is 5.88 Å². The molecule has 60 valence electrons. The molecule has 0 aliphatic heterocycles. The summed E-state index contributed by atoms with van der Waals surface area (Å²) in [7, 11) is 1.43. The van der Waals surface area contributed by atoms with Crippen LogP contribution in [-0.2, 0) is 6.54 Å². The van der Waals surface area contributed by atoms with E-state index in [9.17, 15) is 4.39 Å². The Kier molecular flexibility index (Phi) is 2.38. The molecular formula is C7H9FN2O. The summed E-state index contributed by atoms with van der Waals surface area (Å²) in [4.78, 5) is 3.88. The van der Waals surface area contributed by atoms with Gasteiger partial charge in [0.1, 0.15) is 5.82 Å². The van der Waals surface area contributed by atoms with Crippen LogP contribution in [0.5, 0.6) is 5.88 Å². The first kappa shape index (κ1) is 7.94. The fourth-order valence-electron chi connectivity index (χ4n) is 0.734. The highest BCUT2D eigenvalue weighted by molar-refractivity contribution is 5.17. The molecule has 0 saturated heterocycles. The maximum absolute atomic E-state index is 12.6. The van der Waals surface area contributed by atoms with Crippen molar-refractivity contribution >= 4 is 0 Å². The summed E-state index contributed by atoms with van der Waals surface area (Å²) in [5.74, 6) is -0.122. The van der Waals surface area contributed by atoms with Crippen LogP contribution in [0.15, 0.2) is 12.1 Å². The third-order valence-corrected chi connectivity index (χ3v) is 1.24. The fourth-order valence-corrected chi connectivity index (χ4v) is 0.734. The molecular weight excluding hydrogens is 147 g/mol. The van der Waals surface area contributed by atoms with Gasteiger partial charge in [0.25, 0.3) is 0 Å². The molecule has 0 radical (unpaired) electrons. The molecule has 0 bridgehead atoms. The Morgan fingerprint density at radius 2 is 2.36 bits per heavy atom. The minimum Gasteiger partial charge on any atom is -0.481 e. The number of ether oxygens (including phenoxy) is 1. The molecule has 0 saturated carbocycles. The number of nitrogens with two attached hydrogens (primary N) is 1. The number of methoxy groups -OCH3 is 1. The van der Waals surface area contributed by atoms with E-state index in [0.717, 1.165) is 0 Å². The molecule has 0 unspecified atom stereocenters. The summed E-state index contributed by atoms with van der Waals surface area (Å²) in [5, 5.41) is 0. The average molecular weight is 156 g/mol. The van der Waals surface area contributed by atoms with E-state index in [4.69, 9.17) is 10.5 Å². The van der Waals surface area contributed by atoms with Gasteiger partial charge < -0.3 is 10.5 Å². The first-order valence-electron chi connectivity index (χ1n) is 3.17. The predicted octanol–water partition coefficient (Wildman–Crippen LogP) is 0.688. The van der Waals surface area contributed by atoms with E-state index < -0.39 is 0 Å². The molecule has 0 atom stereocenters. The Labute approximate surface area is 64.0 Å². The summed E-state index contributed by atoms with van der Waals surface area (Å²) >= 11 is 0. The molecule has 11 heavy (non-hydrogen) atoms. The Bertz CT molecular complexity index is 230. The lowest BCUT2D eigenvalue weighted by atomic mass is 10.3. The zero-order valence-corrected chi connectivity index (χ0v) is 6.17. The highest BCUT2D eigenvalue weighted by atomic mass is 19.1. The van der Waals surface area contributed by atoms with Crippen molar-refractivity contribution in [3.05, 3.63) is 23.6 Å². The summed E-state index contributed by atoms with van der Waals surface area (Å²) in [6, 6.07) is 2.49. The van der Waals surface area contributed by atoms with Gasteiger partial charge in [-0.1, -0.05) is 0 Å². The highest BCUT2D eigenvalue weighted by Crippen LogP contribution is 2.09. The van der Waals surface area contributed by atoms with Crippen LogP contribution in [0.3, 0.4) is 0 Å². The van der Waals surface area contributed by atoms with Gasteiger partial charge in [-0.05, 0) is 6.07 Å². The number of halogens is 1. The molecule has 0 aliphatic carbocycles. The zero-order chi connectivity index (χ0) is 8.27. The normalized spacial score (nSPS) is 9.73. The van der Waals surface area contributed by atoms with Gasteiger partial charge in [-0.25, -0.2) is 9.37 Å².